The van der Waals surface area contributed by atoms with Gasteiger partial charge in [0.1, 0.15) is 0 Å². The number of benzene rings is 1. The van der Waals surface area contributed by atoms with Gasteiger partial charge in [0.15, 0.2) is 4.34 Å². The highest BCUT2D eigenvalue weighted by Gasteiger charge is 2.06. The van der Waals surface area contributed by atoms with Crippen LogP contribution in [-0.2, 0) is 0 Å². The molecule has 0 amide bonds. The Balaban J connectivity index is 2.09. The SMILES string of the molecule is Cc1ccc(Nc2nnc(SCC#N)s2)c(C)c1. The Kier molecular flexibility index (Phi) is 4.18. The van der Waals surface area contributed by atoms with Gasteiger partial charge < -0.3 is 5.32 Å². The molecule has 0 saturated heterocycles. The van der Waals surface area contributed by atoms with Gasteiger partial charge in [-0.1, -0.05) is 40.8 Å². The number of anilines is 2. The first-order valence-electron chi connectivity index (χ1n) is 5.36. The molecule has 0 aliphatic carbocycles. The molecule has 2 aromatic rings. The number of nitriles is 1. The van der Waals surface area contributed by atoms with Crippen LogP contribution in [0.5, 0.6) is 0 Å². The Morgan fingerprint density at radius 2 is 2.22 bits per heavy atom. The number of aromatic nitrogens is 2. The van der Waals surface area contributed by atoms with Crippen molar-refractivity contribution in [2.24, 2.45) is 0 Å². The predicted molar refractivity (Wildman–Crippen MR) is 75.4 cm³/mol. The lowest BCUT2D eigenvalue weighted by Gasteiger charge is -2.06. The second-order valence-electron chi connectivity index (χ2n) is 3.76. The minimum Gasteiger partial charge on any atom is -0.330 e. The lowest BCUT2D eigenvalue weighted by atomic mass is 10.1. The lowest BCUT2D eigenvalue weighted by Crippen LogP contribution is -1.92. The van der Waals surface area contributed by atoms with E-state index in [9.17, 15) is 0 Å². The van der Waals surface area contributed by atoms with Gasteiger partial charge in [-0.15, -0.1) is 10.2 Å². The highest BCUT2D eigenvalue weighted by molar-refractivity contribution is 8.01. The average molecular weight is 276 g/mol. The zero-order valence-corrected chi connectivity index (χ0v) is 11.7. The molecule has 4 nitrogen and oxygen atoms in total. The number of aryl methyl sites for hydroxylation is 2. The number of hydrogen-bond acceptors (Lipinski definition) is 6. The van der Waals surface area contributed by atoms with Gasteiger partial charge in [0.05, 0.1) is 11.8 Å². The normalized spacial score (nSPS) is 10.1. The first-order valence-corrected chi connectivity index (χ1v) is 7.17. The summed E-state index contributed by atoms with van der Waals surface area (Å²) in [5.74, 6) is 0.401. The fourth-order valence-corrected chi connectivity index (χ4v) is 2.91. The van der Waals surface area contributed by atoms with E-state index in [1.807, 2.05) is 6.07 Å². The van der Waals surface area contributed by atoms with Crippen LogP contribution in [0.15, 0.2) is 22.5 Å². The molecule has 0 atom stereocenters. The molecule has 0 saturated carbocycles. The monoisotopic (exact) mass is 276 g/mol. The van der Waals surface area contributed by atoms with Crippen LogP contribution in [0.25, 0.3) is 0 Å². The van der Waals surface area contributed by atoms with Gasteiger partial charge in [-0.2, -0.15) is 5.26 Å². The summed E-state index contributed by atoms with van der Waals surface area (Å²) in [6, 6.07) is 8.28. The molecular weight excluding hydrogens is 264 g/mol. The molecule has 1 aromatic heterocycles. The molecule has 0 fully saturated rings. The molecule has 0 unspecified atom stereocenters. The topological polar surface area (TPSA) is 61.6 Å². The van der Waals surface area contributed by atoms with Crippen molar-refractivity contribution in [1.29, 1.82) is 5.26 Å². The number of nitrogens with one attached hydrogen (secondary N) is 1. The van der Waals surface area contributed by atoms with Crippen LogP contribution in [0.4, 0.5) is 10.8 Å². The van der Waals surface area contributed by atoms with Crippen LogP contribution in [0.1, 0.15) is 11.1 Å². The van der Waals surface area contributed by atoms with Gasteiger partial charge in [0.25, 0.3) is 0 Å². The first-order chi connectivity index (χ1) is 8.69. The Morgan fingerprint density at radius 1 is 1.39 bits per heavy atom. The third kappa shape index (κ3) is 3.22. The van der Waals surface area contributed by atoms with Crippen molar-refractivity contribution in [1.82, 2.24) is 10.2 Å². The molecule has 6 heteroatoms. The average Bonchev–Trinajstić information content (AvgIpc) is 2.78. The number of rotatable bonds is 4. The maximum atomic E-state index is 8.50. The first kappa shape index (κ1) is 12.9. The summed E-state index contributed by atoms with van der Waals surface area (Å²) >= 11 is 2.86. The van der Waals surface area contributed by atoms with Crippen LogP contribution in [0.2, 0.25) is 0 Å². The molecule has 92 valence electrons. The third-order valence-corrected chi connectivity index (χ3v) is 4.13. The van der Waals surface area contributed by atoms with Crippen LogP contribution < -0.4 is 5.32 Å². The third-order valence-electron chi connectivity index (χ3n) is 2.29. The molecule has 2 rings (SSSR count). The van der Waals surface area contributed by atoms with E-state index in [4.69, 9.17) is 5.26 Å². The van der Waals surface area contributed by atoms with Gasteiger partial charge in [-0.25, -0.2) is 0 Å². The minimum atomic E-state index is 0.401. The molecule has 18 heavy (non-hydrogen) atoms. The lowest BCUT2D eigenvalue weighted by molar-refractivity contribution is 1.01. The molecule has 1 heterocycles. The van der Waals surface area contributed by atoms with Crippen molar-refractivity contribution >= 4 is 33.9 Å². The van der Waals surface area contributed by atoms with Crippen molar-refractivity contribution in [3.8, 4) is 6.07 Å². The van der Waals surface area contributed by atoms with Crippen LogP contribution in [0.3, 0.4) is 0 Å². The second-order valence-corrected chi connectivity index (χ2v) is 5.96. The summed E-state index contributed by atoms with van der Waals surface area (Å²) in [5, 5.41) is 20.6. The fourth-order valence-electron chi connectivity index (χ4n) is 1.48. The van der Waals surface area contributed by atoms with Gasteiger partial charge >= 0.3 is 0 Å². The highest BCUT2D eigenvalue weighted by atomic mass is 32.2. The summed E-state index contributed by atoms with van der Waals surface area (Å²) in [7, 11) is 0. The van der Waals surface area contributed by atoms with E-state index in [0.29, 0.717) is 5.75 Å². The van der Waals surface area contributed by atoms with Crippen molar-refractivity contribution < 1.29 is 0 Å². The predicted octanol–water partition coefficient (Wildman–Crippen LogP) is 3.51. The van der Waals surface area contributed by atoms with E-state index in [2.05, 4.69) is 47.6 Å². The molecule has 1 N–H and O–H groups in total. The number of hydrogen-bond donors (Lipinski definition) is 1. The molecule has 1 aromatic carbocycles. The summed E-state index contributed by atoms with van der Waals surface area (Å²) < 4.78 is 0.809. The van der Waals surface area contributed by atoms with Gasteiger partial charge in [-0.05, 0) is 25.5 Å². The second kappa shape index (κ2) is 5.85. The van der Waals surface area contributed by atoms with Gasteiger partial charge in [-0.3, -0.25) is 0 Å². The molecule has 0 aliphatic heterocycles. The van der Waals surface area contributed by atoms with Gasteiger partial charge in [0, 0.05) is 5.69 Å². The molecule has 0 aliphatic rings. The Labute approximate surface area is 114 Å². The molecule has 0 bridgehead atoms. The molecular formula is C12H12N4S2. The van der Waals surface area contributed by atoms with Crippen molar-refractivity contribution in [2.45, 2.75) is 18.2 Å². The summed E-state index contributed by atoms with van der Waals surface area (Å²) in [6.07, 6.45) is 0. The van der Waals surface area contributed by atoms with Crippen molar-refractivity contribution in [3.05, 3.63) is 29.3 Å². The Hall–Kier alpha value is -1.58. The van der Waals surface area contributed by atoms with E-state index in [0.717, 1.165) is 15.2 Å². The zero-order chi connectivity index (χ0) is 13.0. The van der Waals surface area contributed by atoms with E-state index < -0.39 is 0 Å². The van der Waals surface area contributed by atoms with E-state index in [-0.39, 0.29) is 0 Å². The Bertz CT molecular complexity index is 586. The molecule has 0 radical (unpaired) electrons. The highest BCUT2D eigenvalue weighted by Crippen LogP contribution is 2.28. The minimum absolute atomic E-state index is 0.401. The number of thioether (sulfide) groups is 1. The smallest absolute Gasteiger partial charge is 0.210 e. The van der Waals surface area contributed by atoms with Crippen molar-refractivity contribution in [3.63, 3.8) is 0 Å². The van der Waals surface area contributed by atoms with Crippen LogP contribution in [-0.4, -0.2) is 16.0 Å². The summed E-state index contributed by atoms with van der Waals surface area (Å²) in [6.45, 7) is 4.13. The van der Waals surface area contributed by atoms with E-state index in [1.165, 1.54) is 34.2 Å². The van der Waals surface area contributed by atoms with E-state index >= 15 is 0 Å². The van der Waals surface area contributed by atoms with Gasteiger partial charge in [0.2, 0.25) is 5.13 Å². The quantitative estimate of drug-likeness (QED) is 0.866. The van der Waals surface area contributed by atoms with Crippen LogP contribution >= 0.6 is 23.1 Å². The number of nitrogens with zero attached hydrogens (tertiary/aromatic N) is 3. The summed E-state index contributed by atoms with van der Waals surface area (Å²) in [4.78, 5) is 0. The standard InChI is InChI=1S/C12H12N4S2/c1-8-3-4-10(9(2)7-8)14-11-15-16-12(18-11)17-6-5-13/h3-4,7H,6H2,1-2H3,(H,14,15). The van der Waals surface area contributed by atoms with E-state index in [1.54, 1.807) is 0 Å². The Morgan fingerprint density at radius 3 is 2.94 bits per heavy atom. The maximum absolute atomic E-state index is 8.50. The zero-order valence-electron chi connectivity index (χ0n) is 10.1. The maximum Gasteiger partial charge on any atom is 0.210 e. The summed E-state index contributed by atoms with van der Waals surface area (Å²) in [5.41, 5.74) is 3.45. The molecule has 0 spiro atoms. The fraction of sp³-hybridized carbons (Fsp3) is 0.250. The van der Waals surface area contributed by atoms with Crippen molar-refractivity contribution in [2.75, 3.05) is 11.1 Å². The largest absolute Gasteiger partial charge is 0.330 e. The van der Waals surface area contributed by atoms with Crippen LogP contribution in [0, 0.1) is 25.2 Å².